The van der Waals surface area contributed by atoms with Gasteiger partial charge in [-0.05, 0) is 56.7 Å². The zero-order chi connectivity index (χ0) is 18.2. The zero-order valence-electron chi connectivity index (χ0n) is 14.7. The molecule has 1 amide bonds. The molecule has 6 heteroatoms. The lowest BCUT2D eigenvalue weighted by molar-refractivity contribution is -0.114. The van der Waals surface area contributed by atoms with Crippen LogP contribution < -0.4 is 20.1 Å². The number of ether oxygens (including phenoxy) is 2. The molecular formula is C19H23FN2O3. The normalized spacial score (nSPS) is 10.2. The van der Waals surface area contributed by atoms with Gasteiger partial charge >= 0.3 is 0 Å². The molecule has 0 heterocycles. The Morgan fingerprint density at radius 3 is 2.48 bits per heavy atom. The number of carbonyl (C=O) groups is 1. The highest BCUT2D eigenvalue weighted by atomic mass is 19.1. The average Bonchev–Trinajstić information content (AvgIpc) is 2.57. The Balaban J connectivity index is 2.04. The van der Waals surface area contributed by atoms with Gasteiger partial charge in [0.25, 0.3) is 0 Å². The maximum absolute atomic E-state index is 13.1. The van der Waals surface area contributed by atoms with E-state index < -0.39 is 0 Å². The number of hydrogen-bond acceptors (Lipinski definition) is 4. The Kier molecular flexibility index (Phi) is 6.62. The molecule has 0 aromatic heterocycles. The third kappa shape index (κ3) is 5.38. The van der Waals surface area contributed by atoms with Gasteiger partial charge in [-0.2, -0.15) is 0 Å². The number of rotatable bonds is 8. The molecule has 134 valence electrons. The summed E-state index contributed by atoms with van der Waals surface area (Å²) < 4.78 is 24.1. The lowest BCUT2D eigenvalue weighted by atomic mass is 10.2. The van der Waals surface area contributed by atoms with Crippen LogP contribution in [0.15, 0.2) is 36.4 Å². The zero-order valence-corrected chi connectivity index (χ0v) is 14.7. The fraction of sp³-hybridized carbons (Fsp3) is 0.316. The van der Waals surface area contributed by atoms with Crippen LogP contribution in [0.1, 0.15) is 19.4 Å². The number of amides is 1. The van der Waals surface area contributed by atoms with E-state index in [-0.39, 0.29) is 18.3 Å². The van der Waals surface area contributed by atoms with Gasteiger partial charge in [0, 0.05) is 11.8 Å². The molecule has 0 fully saturated rings. The van der Waals surface area contributed by atoms with Crippen molar-refractivity contribution in [2.75, 3.05) is 30.4 Å². The molecule has 0 unspecified atom stereocenters. The first-order valence-electron chi connectivity index (χ1n) is 8.23. The first-order valence-corrected chi connectivity index (χ1v) is 8.23. The van der Waals surface area contributed by atoms with Crippen LogP contribution in [0.4, 0.5) is 15.8 Å². The predicted molar refractivity (Wildman–Crippen MR) is 97.0 cm³/mol. The Bertz CT molecular complexity index is 735. The lowest BCUT2D eigenvalue weighted by Crippen LogP contribution is -2.22. The smallest absolute Gasteiger partial charge is 0.243 e. The van der Waals surface area contributed by atoms with Gasteiger partial charge in [0.05, 0.1) is 25.4 Å². The van der Waals surface area contributed by atoms with Gasteiger partial charge in [-0.15, -0.1) is 0 Å². The second-order valence-corrected chi connectivity index (χ2v) is 5.38. The first kappa shape index (κ1) is 18.6. The first-order chi connectivity index (χ1) is 12.0. The van der Waals surface area contributed by atoms with Crippen molar-refractivity contribution < 1.29 is 18.7 Å². The van der Waals surface area contributed by atoms with Crippen LogP contribution in [0.2, 0.25) is 0 Å². The maximum atomic E-state index is 13.1. The molecule has 2 N–H and O–H groups in total. The molecule has 0 bridgehead atoms. The highest BCUT2D eigenvalue weighted by molar-refractivity contribution is 5.95. The van der Waals surface area contributed by atoms with E-state index >= 15 is 0 Å². The van der Waals surface area contributed by atoms with Gasteiger partial charge in [-0.25, -0.2) is 4.39 Å². The third-order valence-electron chi connectivity index (χ3n) is 3.46. The van der Waals surface area contributed by atoms with E-state index in [2.05, 4.69) is 10.6 Å². The molecular weight excluding hydrogens is 323 g/mol. The lowest BCUT2D eigenvalue weighted by Gasteiger charge is -2.14. The maximum Gasteiger partial charge on any atom is 0.243 e. The van der Waals surface area contributed by atoms with Gasteiger partial charge in [-0.3, -0.25) is 4.79 Å². The summed E-state index contributed by atoms with van der Waals surface area (Å²) in [5.74, 6) is 0.695. The summed E-state index contributed by atoms with van der Waals surface area (Å²) in [6.45, 7) is 6.63. The summed E-state index contributed by atoms with van der Waals surface area (Å²) >= 11 is 0. The van der Waals surface area contributed by atoms with Gasteiger partial charge < -0.3 is 20.1 Å². The quantitative estimate of drug-likeness (QED) is 0.759. The number of hydrogen-bond donors (Lipinski definition) is 2. The molecule has 0 aliphatic rings. The van der Waals surface area contributed by atoms with Crippen molar-refractivity contribution in [3.05, 3.63) is 47.8 Å². The van der Waals surface area contributed by atoms with E-state index in [1.165, 1.54) is 12.1 Å². The minimum atomic E-state index is -0.304. The molecule has 0 saturated heterocycles. The molecule has 0 saturated carbocycles. The monoisotopic (exact) mass is 346 g/mol. The number of carbonyl (C=O) groups excluding carboxylic acids is 1. The van der Waals surface area contributed by atoms with E-state index in [1.54, 1.807) is 31.2 Å². The van der Waals surface area contributed by atoms with Crippen molar-refractivity contribution in [3.63, 3.8) is 0 Å². The topological polar surface area (TPSA) is 59.6 Å². The Hall–Kier alpha value is -2.76. The average molecular weight is 346 g/mol. The fourth-order valence-corrected chi connectivity index (χ4v) is 2.34. The molecule has 25 heavy (non-hydrogen) atoms. The molecule has 0 spiro atoms. The van der Waals surface area contributed by atoms with Crippen molar-refractivity contribution in [3.8, 4) is 11.5 Å². The summed E-state index contributed by atoms with van der Waals surface area (Å²) in [5.41, 5.74) is 2.00. The summed E-state index contributed by atoms with van der Waals surface area (Å²) in [7, 11) is 0. The number of nitrogens with one attached hydrogen (secondary N) is 2. The number of benzene rings is 2. The van der Waals surface area contributed by atoms with Crippen molar-refractivity contribution in [2.45, 2.75) is 20.8 Å². The van der Waals surface area contributed by atoms with Crippen LogP contribution in [0, 0.1) is 12.7 Å². The van der Waals surface area contributed by atoms with Crippen LogP contribution >= 0.6 is 0 Å². The van der Waals surface area contributed by atoms with Crippen LogP contribution in [0.3, 0.4) is 0 Å². The van der Waals surface area contributed by atoms with Crippen LogP contribution in [0.25, 0.3) is 0 Å². The Labute approximate surface area is 147 Å². The second kappa shape index (κ2) is 8.92. The molecule has 2 rings (SSSR count). The van der Waals surface area contributed by atoms with Crippen LogP contribution in [0.5, 0.6) is 11.5 Å². The van der Waals surface area contributed by atoms with Gasteiger partial charge in [-0.1, -0.05) is 0 Å². The fourth-order valence-electron chi connectivity index (χ4n) is 2.34. The van der Waals surface area contributed by atoms with Crippen LogP contribution in [-0.2, 0) is 4.79 Å². The van der Waals surface area contributed by atoms with Crippen molar-refractivity contribution >= 4 is 17.3 Å². The molecule has 0 radical (unpaired) electrons. The third-order valence-corrected chi connectivity index (χ3v) is 3.46. The SMILES string of the molecule is CCOc1ccc(OCC)c(NC(=O)CNc2ccc(F)cc2C)c1. The summed E-state index contributed by atoms with van der Waals surface area (Å²) in [5, 5.41) is 5.82. The number of aryl methyl sites for hydroxylation is 1. The minimum absolute atomic E-state index is 0.0525. The molecule has 2 aromatic carbocycles. The number of anilines is 2. The highest BCUT2D eigenvalue weighted by Crippen LogP contribution is 2.29. The van der Waals surface area contributed by atoms with Gasteiger partial charge in [0.15, 0.2) is 0 Å². The molecule has 0 atom stereocenters. The summed E-state index contributed by atoms with van der Waals surface area (Å²) in [6.07, 6.45) is 0. The van der Waals surface area contributed by atoms with Crippen molar-refractivity contribution in [1.82, 2.24) is 0 Å². The van der Waals surface area contributed by atoms with E-state index in [9.17, 15) is 9.18 Å². The summed E-state index contributed by atoms with van der Waals surface area (Å²) in [4.78, 5) is 12.2. The molecule has 0 aliphatic carbocycles. The highest BCUT2D eigenvalue weighted by Gasteiger charge is 2.10. The second-order valence-electron chi connectivity index (χ2n) is 5.38. The minimum Gasteiger partial charge on any atom is -0.494 e. The van der Waals surface area contributed by atoms with Crippen molar-refractivity contribution in [1.29, 1.82) is 0 Å². The largest absolute Gasteiger partial charge is 0.494 e. The van der Waals surface area contributed by atoms with E-state index in [0.717, 1.165) is 5.56 Å². The molecule has 0 aliphatic heterocycles. The van der Waals surface area contributed by atoms with E-state index in [1.807, 2.05) is 13.8 Å². The van der Waals surface area contributed by atoms with E-state index in [0.29, 0.717) is 36.1 Å². The Morgan fingerprint density at radius 2 is 1.80 bits per heavy atom. The van der Waals surface area contributed by atoms with Gasteiger partial charge in [0.1, 0.15) is 17.3 Å². The summed E-state index contributed by atoms with van der Waals surface area (Å²) in [6, 6.07) is 9.67. The van der Waals surface area contributed by atoms with Crippen molar-refractivity contribution in [2.24, 2.45) is 0 Å². The Morgan fingerprint density at radius 1 is 1.04 bits per heavy atom. The van der Waals surface area contributed by atoms with Gasteiger partial charge in [0.2, 0.25) is 5.91 Å². The molecule has 5 nitrogen and oxygen atoms in total. The predicted octanol–water partition coefficient (Wildman–Crippen LogP) is 3.98. The van der Waals surface area contributed by atoms with Crippen LogP contribution in [-0.4, -0.2) is 25.7 Å². The number of halogens is 1. The standard InChI is InChI=1S/C19H23FN2O3/c1-4-24-15-7-9-18(25-5-2)17(11-15)22-19(23)12-21-16-8-6-14(20)10-13(16)3/h6-11,21H,4-5,12H2,1-3H3,(H,22,23). The molecule has 2 aromatic rings. The van der Waals surface area contributed by atoms with E-state index in [4.69, 9.17) is 9.47 Å².